The van der Waals surface area contributed by atoms with E-state index in [0.29, 0.717) is 17.3 Å². The van der Waals surface area contributed by atoms with Crippen LogP contribution in [0.1, 0.15) is 25.7 Å². The fraction of sp³-hybridized carbons (Fsp3) is 0.417. The Morgan fingerprint density at radius 2 is 1.86 bits per heavy atom. The second-order valence-corrected chi connectivity index (χ2v) is 8.36. The summed E-state index contributed by atoms with van der Waals surface area (Å²) in [5.41, 5.74) is -0.954. The third-order valence-electron chi connectivity index (χ3n) is 3.38. The number of aliphatic carboxylic acids is 1. The molecule has 1 fully saturated rings. The van der Waals surface area contributed by atoms with Gasteiger partial charge in [-0.25, -0.2) is 13.1 Å². The zero-order valence-electron chi connectivity index (χ0n) is 10.7. The molecule has 1 aromatic rings. The Morgan fingerprint density at radius 1 is 1.33 bits per heavy atom. The Balaban J connectivity index is 2.37. The smallest absolute Gasteiger partial charge is 0.305 e. The second-order valence-electron chi connectivity index (χ2n) is 5.01. The molecule has 0 saturated heterocycles. The van der Waals surface area contributed by atoms with Crippen molar-refractivity contribution >= 4 is 55.1 Å². The number of carboxylic acids is 1. The normalized spacial score (nSPS) is 17.3. The van der Waals surface area contributed by atoms with E-state index in [9.17, 15) is 13.2 Å². The summed E-state index contributed by atoms with van der Waals surface area (Å²) < 4.78 is 28.0. The topological polar surface area (TPSA) is 83.5 Å². The van der Waals surface area contributed by atoms with E-state index in [1.165, 1.54) is 12.1 Å². The molecule has 0 unspecified atom stereocenters. The fourth-order valence-corrected chi connectivity index (χ4v) is 5.73. The van der Waals surface area contributed by atoms with Gasteiger partial charge in [-0.2, -0.15) is 0 Å². The van der Waals surface area contributed by atoms with Gasteiger partial charge in [0, 0.05) is 10.0 Å². The summed E-state index contributed by atoms with van der Waals surface area (Å²) in [5.74, 6) is -1.05. The number of rotatable bonds is 5. The first-order valence-electron chi connectivity index (χ1n) is 6.06. The van der Waals surface area contributed by atoms with Crippen LogP contribution in [0.3, 0.4) is 0 Å². The van der Waals surface area contributed by atoms with E-state index in [-0.39, 0.29) is 21.4 Å². The van der Waals surface area contributed by atoms with E-state index < -0.39 is 21.5 Å². The van der Waals surface area contributed by atoms with Gasteiger partial charge in [-0.15, -0.1) is 0 Å². The minimum absolute atomic E-state index is 0.0216. The number of carboxylic acid groups (broad SMARTS) is 1. The van der Waals surface area contributed by atoms with Gasteiger partial charge in [0.2, 0.25) is 10.0 Å². The quantitative estimate of drug-likeness (QED) is 0.769. The zero-order valence-corrected chi connectivity index (χ0v) is 14.6. The number of nitrogens with one attached hydrogen (secondary N) is 1. The fourth-order valence-electron chi connectivity index (χ4n) is 2.33. The van der Waals surface area contributed by atoms with Crippen molar-refractivity contribution in [2.75, 3.05) is 0 Å². The van der Waals surface area contributed by atoms with Crippen molar-refractivity contribution in [3.63, 3.8) is 0 Å². The van der Waals surface area contributed by atoms with Crippen LogP contribution in [0, 0.1) is 0 Å². The molecule has 1 aliphatic rings. The highest BCUT2D eigenvalue weighted by Gasteiger charge is 2.43. The van der Waals surface area contributed by atoms with Gasteiger partial charge in [-0.05, 0) is 31.4 Å². The molecule has 21 heavy (non-hydrogen) atoms. The van der Waals surface area contributed by atoms with Crippen LogP contribution in [0.25, 0.3) is 0 Å². The second kappa shape index (κ2) is 6.04. The lowest BCUT2D eigenvalue weighted by atomic mass is 9.75. The van der Waals surface area contributed by atoms with Gasteiger partial charge in [0.1, 0.15) is 4.90 Å². The number of hydrogen-bond acceptors (Lipinski definition) is 3. The van der Waals surface area contributed by atoms with Gasteiger partial charge >= 0.3 is 5.97 Å². The average molecular weight is 417 g/mol. The average Bonchev–Trinajstić information content (AvgIpc) is 2.22. The molecule has 2 rings (SSSR count). The monoisotopic (exact) mass is 415 g/mol. The first-order valence-corrected chi connectivity index (χ1v) is 9.09. The summed E-state index contributed by atoms with van der Waals surface area (Å²) >= 11 is 15.1. The lowest BCUT2D eigenvalue weighted by Gasteiger charge is -2.41. The van der Waals surface area contributed by atoms with Crippen LogP contribution in [0.5, 0.6) is 0 Å². The van der Waals surface area contributed by atoms with Crippen LogP contribution in [0.4, 0.5) is 0 Å². The SMILES string of the molecule is O=C(O)CC1(NS(=O)(=O)c2c(Cl)cc(Br)cc2Cl)CCC1. The summed E-state index contributed by atoms with van der Waals surface area (Å²) in [6.45, 7) is 0. The van der Waals surface area contributed by atoms with Crippen molar-refractivity contribution in [3.05, 3.63) is 26.7 Å². The zero-order chi connectivity index (χ0) is 15.8. The van der Waals surface area contributed by atoms with Crippen molar-refractivity contribution in [3.8, 4) is 0 Å². The molecule has 0 aliphatic heterocycles. The van der Waals surface area contributed by atoms with E-state index in [2.05, 4.69) is 20.7 Å². The predicted octanol–water partition coefficient (Wildman–Crippen LogP) is 3.43. The molecule has 2 N–H and O–H groups in total. The van der Waals surface area contributed by atoms with Gasteiger partial charge in [-0.3, -0.25) is 4.79 Å². The number of carbonyl (C=O) groups is 1. The van der Waals surface area contributed by atoms with Crippen molar-refractivity contribution < 1.29 is 18.3 Å². The summed E-state index contributed by atoms with van der Waals surface area (Å²) in [6.07, 6.45) is 1.46. The van der Waals surface area contributed by atoms with Gasteiger partial charge < -0.3 is 5.11 Å². The van der Waals surface area contributed by atoms with E-state index in [1.807, 2.05) is 0 Å². The molecule has 0 spiro atoms. The Labute approximate surface area is 140 Å². The van der Waals surface area contributed by atoms with Crippen LogP contribution < -0.4 is 4.72 Å². The molecule has 0 heterocycles. The maximum atomic E-state index is 12.5. The minimum Gasteiger partial charge on any atom is -0.481 e. The molecule has 1 aromatic carbocycles. The van der Waals surface area contributed by atoms with Crippen molar-refractivity contribution in [2.24, 2.45) is 0 Å². The van der Waals surface area contributed by atoms with Crippen LogP contribution in [-0.4, -0.2) is 25.0 Å². The molecular weight excluding hydrogens is 405 g/mol. The standard InChI is InChI=1S/C12H12BrCl2NO4S/c13-7-4-8(14)11(9(15)5-7)21(19,20)16-12(2-1-3-12)6-10(17)18/h4-5,16H,1-3,6H2,(H,17,18). The van der Waals surface area contributed by atoms with E-state index >= 15 is 0 Å². The minimum atomic E-state index is -4.00. The van der Waals surface area contributed by atoms with Gasteiger partial charge in [0.05, 0.1) is 16.5 Å². The summed E-state index contributed by atoms with van der Waals surface area (Å²) in [4.78, 5) is 10.7. The molecule has 116 valence electrons. The van der Waals surface area contributed by atoms with Crippen LogP contribution in [-0.2, 0) is 14.8 Å². The molecule has 0 amide bonds. The third-order valence-corrected chi connectivity index (χ3v) is 6.34. The van der Waals surface area contributed by atoms with Gasteiger partial charge in [0.25, 0.3) is 0 Å². The molecule has 1 aliphatic carbocycles. The maximum absolute atomic E-state index is 12.5. The first kappa shape index (κ1) is 17.0. The number of benzene rings is 1. The van der Waals surface area contributed by atoms with Gasteiger partial charge in [-0.1, -0.05) is 39.1 Å². The number of hydrogen-bond donors (Lipinski definition) is 2. The Hall–Kier alpha value is -0.340. The molecular formula is C12H12BrCl2NO4S. The van der Waals surface area contributed by atoms with Crippen molar-refractivity contribution in [2.45, 2.75) is 36.1 Å². The number of halogens is 3. The molecule has 0 atom stereocenters. The Kier molecular flexibility index (Phi) is 4.90. The summed E-state index contributed by atoms with van der Waals surface area (Å²) in [7, 11) is -4.00. The van der Waals surface area contributed by atoms with Crippen molar-refractivity contribution in [1.29, 1.82) is 0 Å². The maximum Gasteiger partial charge on any atom is 0.305 e. The molecule has 0 radical (unpaired) electrons. The van der Waals surface area contributed by atoms with Crippen molar-refractivity contribution in [1.82, 2.24) is 4.72 Å². The Bertz CT molecular complexity index is 665. The lowest BCUT2D eigenvalue weighted by Crippen LogP contribution is -2.54. The summed E-state index contributed by atoms with van der Waals surface area (Å²) in [5, 5.41) is 8.89. The Morgan fingerprint density at radius 3 is 2.24 bits per heavy atom. The first-order chi connectivity index (χ1) is 9.65. The lowest BCUT2D eigenvalue weighted by molar-refractivity contribution is -0.139. The molecule has 1 saturated carbocycles. The van der Waals surface area contributed by atoms with Crippen LogP contribution in [0.2, 0.25) is 10.0 Å². The predicted molar refractivity (Wildman–Crippen MR) is 83.3 cm³/mol. The summed E-state index contributed by atoms with van der Waals surface area (Å²) in [6, 6.07) is 2.85. The highest BCUT2D eigenvalue weighted by molar-refractivity contribution is 9.10. The highest BCUT2D eigenvalue weighted by Crippen LogP contribution is 2.39. The van der Waals surface area contributed by atoms with Crippen LogP contribution >= 0.6 is 39.1 Å². The van der Waals surface area contributed by atoms with E-state index in [4.69, 9.17) is 28.3 Å². The molecule has 9 heteroatoms. The van der Waals surface area contributed by atoms with E-state index in [0.717, 1.165) is 6.42 Å². The molecule has 0 bridgehead atoms. The molecule has 5 nitrogen and oxygen atoms in total. The largest absolute Gasteiger partial charge is 0.481 e. The number of sulfonamides is 1. The molecule has 0 aromatic heterocycles. The van der Waals surface area contributed by atoms with Gasteiger partial charge in [0.15, 0.2) is 0 Å². The van der Waals surface area contributed by atoms with E-state index in [1.54, 1.807) is 0 Å². The third kappa shape index (κ3) is 3.71. The highest BCUT2D eigenvalue weighted by atomic mass is 79.9. The van der Waals surface area contributed by atoms with Crippen LogP contribution in [0.15, 0.2) is 21.5 Å².